The molecule has 0 spiro atoms. The standard InChI is InChI=1S/C19H25ClN4O2/c20-14-3-4-16-17(11-14)26-19(22-16)24-7-1-2-13(12-24)10-18(25)23-8-5-15(21)6-9-23/h3-4,11,13,15H,1-2,5-10,12,21H2. The maximum Gasteiger partial charge on any atom is 0.298 e. The molecule has 2 aromatic rings. The van der Waals surface area contributed by atoms with Gasteiger partial charge in [-0.1, -0.05) is 11.6 Å². The molecule has 1 aromatic heterocycles. The number of benzene rings is 1. The average Bonchev–Trinajstić information content (AvgIpc) is 3.05. The summed E-state index contributed by atoms with van der Waals surface area (Å²) in [6, 6.07) is 6.36. The van der Waals surface area contributed by atoms with Gasteiger partial charge in [-0.15, -0.1) is 0 Å². The van der Waals surface area contributed by atoms with Crippen LogP contribution < -0.4 is 10.6 Å². The Kier molecular flexibility index (Phi) is 5.05. The van der Waals surface area contributed by atoms with Crippen LogP contribution in [0.5, 0.6) is 0 Å². The van der Waals surface area contributed by atoms with Crippen LogP contribution in [0.3, 0.4) is 0 Å². The van der Waals surface area contributed by atoms with Crippen molar-refractivity contribution in [3.05, 3.63) is 23.2 Å². The number of amides is 1. The van der Waals surface area contributed by atoms with Gasteiger partial charge in [0.25, 0.3) is 6.01 Å². The Morgan fingerprint density at radius 1 is 1.27 bits per heavy atom. The maximum atomic E-state index is 12.6. The Morgan fingerprint density at radius 2 is 2.08 bits per heavy atom. The van der Waals surface area contributed by atoms with Crippen LogP contribution in [0.2, 0.25) is 5.02 Å². The van der Waals surface area contributed by atoms with Gasteiger partial charge in [-0.2, -0.15) is 4.98 Å². The summed E-state index contributed by atoms with van der Waals surface area (Å²) in [4.78, 5) is 21.3. The van der Waals surface area contributed by atoms with Gasteiger partial charge in [-0.25, -0.2) is 0 Å². The van der Waals surface area contributed by atoms with Gasteiger partial charge >= 0.3 is 0 Å². The van der Waals surface area contributed by atoms with E-state index in [1.165, 1.54) is 0 Å². The van der Waals surface area contributed by atoms with Gasteiger partial charge in [0.1, 0.15) is 5.52 Å². The number of rotatable bonds is 3. The molecule has 2 aliphatic rings. The molecule has 0 saturated carbocycles. The normalized spacial score (nSPS) is 22.2. The number of anilines is 1. The molecule has 7 heteroatoms. The Balaban J connectivity index is 1.39. The number of nitrogens with zero attached hydrogens (tertiary/aromatic N) is 3. The highest BCUT2D eigenvalue weighted by Gasteiger charge is 2.28. The number of piperidine rings is 2. The molecule has 1 aromatic carbocycles. The molecule has 2 aliphatic heterocycles. The first-order valence-electron chi connectivity index (χ1n) is 9.43. The van der Waals surface area contributed by atoms with Crippen LogP contribution in [0.1, 0.15) is 32.1 Å². The first-order chi connectivity index (χ1) is 12.6. The second-order valence-electron chi connectivity index (χ2n) is 7.49. The molecule has 0 aliphatic carbocycles. The van der Waals surface area contributed by atoms with Crippen molar-refractivity contribution in [1.82, 2.24) is 9.88 Å². The fourth-order valence-electron chi connectivity index (χ4n) is 3.95. The zero-order valence-corrected chi connectivity index (χ0v) is 15.6. The van der Waals surface area contributed by atoms with Gasteiger partial charge in [0, 0.05) is 49.7 Å². The lowest BCUT2D eigenvalue weighted by molar-refractivity contribution is -0.133. The van der Waals surface area contributed by atoms with Crippen LogP contribution in [0.15, 0.2) is 22.6 Å². The molecule has 0 radical (unpaired) electrons. The monoisotopic (exact) mass is 376 g/mol. The van der Waals surface area contributed by atoms with E-state index in [1.54, 1.807) is 6.07 Å². The number of likely N-dealkylation sites (tertiary alicyclic amines) is 1. The van der Waals surface area contributed by atoms with Crippen molar-refractivity contribution in [3.63, 3.8) is 0 Å². The van der Waals surface area contributed by atoms with Crippen molar-refractivity contribution < 1.29 is 9.21 Å². The zero-order valence-electron chi connectivity index (χ0n) is 14.9. The summed E-state index contributed by atoms with van der Waals surface area (Å²) < 4.78 is 5.89. The summed E-state index contributed by atoms with van der Waals surface area (Å²) in [6.07, 6.45) is 4.53. The predicted octanol–water partition coefficient (Wildman–Crippen LogP) is 3.04. The van der Waals surface area contributed by atoms with Crippen molar-refractivity contribution in [2.24, 2.45) is 11.7 Å². The third kappa shape index (κ3) is 3.81. The molecule has 140 valence electrons. The Morgan fingerprint density at radius 3 is 2.88 bits per heavy atom. The van der Waals surface area contributed by atoms with E-state index in [4.69, 9.17) is 21.8 Å². The number of carbonyl (C=O) groups excluding carboxylic acids is 1. The number of aromatic nitrogens is 1. The number of hydrogen-bond donors (Lipinski definition) is 1. The lowest BCUT2D eigenvalue weighted by Crippen LogP contribution is -2.44. The van der Waals surface area contributed by atoms with Gasteiger partial charge in [-0.3, -0.25) is 4.79 Å². The third-order valence-electron chi connectivity index (χ3n) is 5.48. The lowest BCUT2D eigenvalue weighted by Gasteiger charge is -2.34. The van der Waals surface area contributed by atoms with E-state index in [1.807, 2.05) is 17.0 Å². The van der Waals surface area contributed by atoms with E-state index >= 15 is 0 Å². The fourth-order valence-corrected chi connectivity index (χ4v) is 4.11. The average molecular weight is 377 g/mol. The van der Waals surface area contributed by atoms with E-state index < -0.39 is 0 Å². The number of carbonyl (C=O) groups is 1. The van der Waals surface area contributed by atoms with Crippen molar-refractivity contribution in [2.75, 3.05) is 31.1 Å². The smallest absolute Gasteiger partial charge is 0.298 e. The first kappa shape index (κ1) is 17.6. The number of nitrogens with two attached hydrogens (primary N) is 1. The van der Waals surface area contributed by atoms with Gasteiger partial charge < -0.3 is 20.0 Å². The van der Waals surface area contributed by atoms with Crippen molar-refractivity contribution >= 4 is 34.6 Å². The molecule has 1 atom stereocenters. The van der Waals surface area contributed by atoms with E-state index in [9.17, 15) is 4.79 Å². The summed E-state index contributed by atoms with van der Waals surface area (Å²) in [5.41, 5.74) is 7.45. The molecule has 26 heavy (non-hydrogen) atoms. The largest absolute Gasteiger partial charge is 0.423 e. The van der Waals surface area contributed by atoms with Crippen LogP contribution in [0.25, 0.3) is 11.1 Å². The molecule has 1 amide bonds. The fraction of sp³-hybridized carbons (Fsp3) is 0.579. The maximum absolute atomic E-state index is 12.6. The minimum Gasteiger partial charge on any atom is -0.423 e. The van der Waals surface area contributed by atoms with E-state index in [0.717, 1.165) is 57.4 Å². The summed E-state index contributed by atoms with van der Waals surface area (Å²) >= 11 is 6.03. The molecular weight excluding hydrogens is 352 g/mol. The second-order valence-corrected chi connectivity index (χ2v) is 7.92. The van der Waals surface area contributed by atoms with Gasteiger partial charge in [0.05, 0.1) is 0 Å². The molecule has 4 rings (SSSR count). The third-order valence-corrected chi connectivity index (χ3v) is 5.72. The van der Waals surface area contributed by atoms with Gasteiger partial charge in [-0.05, 0) is 43.7 Å². The van der Waals surface area contributed by atoms with Gasteiger partial charge in [0.2, 0.25) is 5.91 Å². The Labute approximate surface area is 158 Å². The summed E-state index contributed by atoms with van der Waals surface area (Å²) in [6.45, 7) is 3.30. The van der Waals surface area contributed by atoms with E-state index in [2.05, 4.69) is 9.88 Å². The molecule has 2 N–H and O–H groups in total. The van der Waals surface area contributed by atoms with Crippen molar-refractivity contribution in [1.29, 1.82) is 0 Å². The first-order valence-corrected chi connectivity index (χ1v) is 9.80. The summed E-state index contributed by atoms with van der Waals surface area (Å²) in [5.74, 6) is 0.596. The number of hydrogen-bond acceptors (Lipinski definition) is 5. The van der Waals surface area contributed by atoms with E-state index in [-0.39, 0.29) is 11.9 Å². The van der Waals surface area contributed by atoms with Crippen molar-refractivity contribution in [2.45, 2.75) is 38.1 Å². The van der Waals surface area contributed by atoms with Crippen LogP contribution in [-0.2, 0) is 4.79 Å². The van der Waals surface area contributed by atoms with Crippen LogP contribution in [-0.4, -0.2) is 48.0 Å². The SMILES string of the molecule is NC1CCN(C(=O)CC2CCCN(c3nc4ccc(Cl)cc4o3)C2)CC1. The molecule has 2 fully saturated rings. The van der Waals surface area contributed by atoms with Gasteiger partial charge in [0.15, 0.2) is 5.58 Å². The van der Waals surface area contributed by atoms with Crippen molar-refractivity contribution in [3.8, 4) is 0 Å². The molecule has 1 unspecified atom stereocenters. The number of halogens is 1. The van der Waals surface area contributed by atoms with E-state index in [0.29, 0.717) is 29.0 Å². The quantitative estimate of drug-likeness (QED) is 0.891. The molecule has 3 heterocycles. The highest BCUT2D eigenvalue weighted by atomic mass is 35.5. The summed E-state index contributed by atoms with van der Waals surface area (Å²) in [5, 5.41) is 0.642. The highest BCUT2D eigenvalue weighted by molar-refractivity contribution is 6.31. The number of oxazole rings is 1. The highest BCUT2D eigenvalue weighted by Crippen LogP contribution is 2.29. The second kappa shape index (κ2) is 7.45. The number of fused-ring (bicyclic) bond motifs is 1. The minimum absolute atomic E-state index is 0.247. The Bertz CT molecular complexity index is 785. The Hall–Kier alpha value is -1.79. The van der Waals surface area contributed by atoms with Crippen LogP contribution >= 0.6 is 11.6 Å². The predicted molar refractivity (Wildman–Crippen MR) is 102 cm³/mol. The molecular formula is C19H25ClN4O2. The zero-order chi connectivity index (χ0) is 18.1. The summed E-state index contributed by atoms with van der Waals surface area (Å²) in [7, 11) is 0. The van der Waals surface area contributed by atoms with Crippen LogP contribution in [0.4, 0.5) is 6.01 Å². The van der Waals surface area contributed by atoms with Crippen LogP contribution in [0, 0.1) is 5.92 Å². The lowest BCUT2D eigenvalue weighted by atomic mass is 9.94. The molecule has 6 nitrogen and oxygen atoms in total. The minimum atomic E-state index is 0.247. The molecule has 0 bridgehead atoms. The topological polar surface area (TPSA) is 75.6 Å². The molecule has 2 saturated heterocycles.